The first-order chi connectivity index (χ1) is 8.54. The number of Topliss-reactive ketones (excluding diaryl/α,β-unsaturated/α-hetero) is 1. The lowest BCUT2D eigenvalue weighted by atomic mass is 10.0. The Morgan fingerprint density at radius 1 is 1.22 bits per heavy atom. The monoisotopic (exact) mass is 250 g/mol. The number of aryl methyl sites for hydroxylation is 1. The van der Waals surface area contributed by atoms with E-state index in [9.17, 15) is 14.7 Å². The first-order valence-electron chi connectivity index (χ1n) is 6.11. The molecule has 4 nitrogen and oxygen atoms in total. The van der Waals surface area contributed by atoms with Crippen molar-refractivity contribution in [2.45, 2.75) is 39.0 Å². The summed E-state index contributed by atoms with van der Waals surface area (Å²) in [5.41, 5.74) is 1.20. The molecule has 0 fully saturated rings. The van der Waals surface area contributed by atoms with E-state index >= 15 is 0 Å². The number of carboxylic acids is 1. The summed E-state index contributed by atoms with van der Waals surface area (Å²) in [7, 11) is 0. The van der Waals surface area contributed by atoms with Crippen LogP contribution in [0.25, 0.3) is 0 Å². The summed E-state index contributed by atoms with van der Waals surface area (Å²) >= 11 is 0. The summed E-state index contributed by atoms with van der Waals surface area (Å²) in [4.78, 5) is 22.0. The standard InChI is InChI=1S/C14H18O4/c1-2-3-4-10-5-6-11(13(16)9-10)12(15)7-8-14(17)18/h5-6,9,16H,2-4,7-8H2,1H3,(H,17,18). The fraction of sp³-hybridized carbons (Fsp3) is 0.429. The van der Waals surface area contributed by atoms with Crippen LogP contribution in [-0.4, -0.2) is 22.0 Å². The highest BCUT2D eigenvalue weighted by Gasteiger charge is 2.13. The highest BCUT2D eigenvalue weighted by atomic mass is 16.4. The van der Waals surface area contributed by atoms with Crippen molar-refractivity contribution in [3.8, 4) is 5.75 Å². The van der Waals surface area contributed by atoms with Crippen molar-refractivity contribution < 1.29 is 19.8 Å². The van der Waals surface area contributed by atoms with Gasteiger partial charge >= 0.3 is 5.97 Å². The van der Waals surface area contributed by atoms with Gasteiger partial charge in [0.25, 0.3) is 0 Å². The van der Waals surface area contributed by atoms with E-state index in [1.807, 2.05) is 6.07 Å². The summed E-state index contributed by atoms with van der Waals surface area (Å²) in [5.74, 6) is -1.40. The number of aromatic hydroxyl groups is 1. The van der Waals surface area contributed by atoms with Gasteiger partial charge < -0.3 is 10.2 Å². The quantitative estimate of drug-likeness (QED) is 0.730. The van der Waals surface area contributed by atoms with Gasteiger partial charge in [0, 0.05) is 6.42 Å². The second-order valence-corrected chi connectivity index (χ2v) is 4.27. The number of carboxylic acid groups (broad SMARTS) is 1. The number of aliphatic carboxylic acids is 1. The molecule has 1 aromatic rings. The minimum atomic E-state index is -1.01. The molecule has 1 rings (SSSR count). The molecule has 0 saturated heterocycles. The van der Waals surface area contributed by atoms with Crippen LogP contribution in [0.15, 0.2) is 18.2 Å². The first-order valence-corrected chi connectivity index (χ1v) is 6.11. The Labute approximate surface area is 106 Å². The number of hydrogen-bond acceptors (Lipinski definition) is 3. The van der Waals surface area contributed by atoms with E-state index in [2.05, 4.69) is 6.92 Å². The van der Waals surface area contributed by atoms with Gasteiger partial charge in [0.2, 0.25) is 0 Å². The van der Waals surface area contributed by atoms with Crippen LogP contribution in [0.1, 0.15) is 48.5 Å². The highest BCUT2D eigenvalue weighted by molar-refractivity contribution is 5.99. The smallest absolute Gasteiger partial charge is 0.303 e. The second-order valence-electron chi connectivity index (χ2n) is 4.27. The molecule has 0 aliphatic carbocycles. The number of unbranched alkanes of at least 4 members (excludes halogenated alkanes) is 1. The van der Waals surface area contributed by atoms with E-state index in [-0.39, 0.29) is 29.9 Å². The Hall–Kier alpha value is -1.84. The average Bonchev–Trinajstić information content (AvgIpc) is 2.33. The van der Waals surface area contributed by atoms with Crippen molar-refractivity contribution in [2.24, 2.45) is 0 Å². The molecule has 0 atom stereocenters. The van der Waals surface area contributed by atoms with Crippen LogP contribution in [0.3, 0.4) is 0 Å². The van der Waals surface area contributed by atoms with Gasteiger partial charge in [0.05, 0.1) is 12.0 Å². The molecule has 0 bridgehead atoms. The number of rotatable bonds is 7. The molecule has 4 heteroatoms. The predicted molar refractivity (Wildman–Crippen MR) is 67.9 cm³/mol. The maximum Gasteiger partial charge on any atom is 0.303 e. The van der Waals surface area contributed by atoms with Gasteiger partial charge in [-0.25, -0.2) is 0 Å². The van der Waals surface area contributed by atoms with Crippen LogP contribution in [0.5, 0.6) is 5.75 Å². The molecule has 0 saturated carbocycles. The van der Waals surface area contributed by atoms with Crippen LogP contribution in [0.4, 0.5) is 0 Å². The molecule has 2 N–H and O–H groups in total. The number of phenols is 1. The van der Waals surface area contributed by atoms with Gasteiger partial charge in [-0.3, -0.25) is 9.59 Å². The Morgan fingerprint density at radius 3 is 2.50 bits per heavy atom. The predicted octanol–water partition coefficient (Wildman–Crippen LogP) is 2.78. The fourth-order valence-electron chi connectivity index (χ4n) is 1.70. The van der Waals surface area contributed by atoms with Crippen molar-refractivity contribution in [1.29, 1.82) is 0 Å². The Bertz CT molecular complexity index is 437. The highest BCUT2D eigenvalue weighted by Crippen LogP contribution is 2.22. The molecule has 0 aromatic heterocycles. The van der Waals surface area contributed by atoms with Crippen LogP contribution < -0.4 is 0 Å². The van der Waals surface area contributed by atoms with Gasteiger partial charge in [-0.1, -0.05) is 19.4 Å². The van der Waals surface area contributed by atoms with Gasteiger partial charge in [-0.2, -0.15) is 0 Å². The molecule has 0 aliphatic heterocycles. The SMILES string of the molecule is CCCCc1ccc(C(=O)CCC(=O)O)c(O)c1. The van der Waals surface area contributed by atoms with Crippen LogP contribution in [-0.2, 0) is 11.2 Å². The summed E-state index contributed by atoms with van der Waals surface area (Å²) in [5, 5.41) is 18.3. The molecule has 18 heavy (non-hydrogen) atoms. The molecule has 0 radical (unpaired) electrons. The van der Waals surface area contributed by atoms with Crippen LogP contribution in [0.2, 0.25) is 0 Å². The minimum absolute atomic E-state index is 0.0565. The summed E-state index contributed by atoms with van der Waals surface area (Å²) in [6.07, 6.45) is 2.67. The molecular weight excluding hydrogens is 232 g/mol. The zero-order valence-electron chi connectivity index (χ0n) is 10.5. The van der Waals surface area contributed by atoms with Crippen molar-refractivity contribution in [3.63, 3.8) is 0 Å². The summed E-state index contributed by atoms with van der Waals surface area (Å²) in [6, 6.07) is 4.97. The van der Waals surface area contributed by atoms with E-state index in [1.54, 1.807) is 12.1 Å². The molecule has 98 valence electrons. The number of hydrogen-bond donors (Lipinski definition) is 2. The topological polar surface area (TPSA) is 74.6 Å². The number of carbonyl (C=O) groups is 2. The van der Waals surface area contributed by atoms with E-state index in [4.69, 9.17) is 5.11 Å². The number of benzene rings is 1. The molecule has 1 aromatic carbocycles. The molecule has 0 aliphatic rings. The Kier molecular flexibility index (Phi) is 5.36. The molecular formula is C14H18O4. The van der Waals surface area contributed by atoms with Gasteiger partial charge in [0.1, 0.15) is 5.75 Å². The van der Waals surface area contributed by atoms with Crippen LogP contribution in [0, 0.1) is 0 Å². The summed E-state index contributed by atoms with van der Waals surface area (Å²) in [6.45, 7) is 2.09. The van der Waals surface area contributed by atoms with Gasteiger partial charge in [-0.15, -0.1) is 0 Å². The van der Waals surface area contributed by atoms with E-state index in [1.165, 1.54) is 0 Å². The lowest BCUT2D eigenvalue weighted by Gasteiger charge is -2.06. The number of phenolic OH excluding ortho intramolecular Hbond substituents is 1. The third-order valence-corrected chi connectivity index (χ3v) is 2.75. The van der Waals surface area contributed by atoms with Gasteiger partial charge in [0.15, 0.2) is 5.78 Å². The molecule has 0 amide bonds. The first kappa shape index (κ1) is 14.2. The van der Waals surface area contributed by atoms with E-state index < -0.39 is 5.97 Å². The maximum atomic E-state index is 11.7. The zero-order valence-corrected chi connectivity index (χ0v) is 10.5. The summed E-state index contributed by atoms with van der Waals surface area (Å²) < 4.78 is 0. The third-order valence-electron chi connectivity index (χ3n) is 2.75. The fourth-order valence-corrected chi connectivity index (χ4v) is 1.70. The number of carbonyl (C=O) groups excluding carboxylic acids is 1. The lowest BCUT2D eigenvalue weighted by molar-refractivity contribution is -0.136. The Morgan fingerprint density at radius 2 is 1.94 bits per heavy atom. The third kappa shape index (κ3) is 4.20. The largest absolute Gasteiger partial charge is 0.507 e. The van der Waals surface area contributed by atoms with Crippen molar-refractivity contribution in [1.82, 2.24) is 0 Å². The zero-order chi connectivity index (χ0) is 13.5. The van der Waals surface area contributed by atoms with Crippen molar-refractivity contribution in [3.05, 3.63) is 29.3 Å². The maximum absolute atomic E-state index is 11.7. The average molecular weight is 250 g/mol. The van der Waals surface area contributed by atoms with Crippen LogP contribution >= 0.6 is 0 Å². The minimum Gasteiger partial charge on any atom is -0.507 e. The van der Waals surface area contributed by atoms with Crippen molar-refractivity contribution >= 4 is 11.8 Å². The molecule has 0 heterocycles. The number of ketones is 1. The van der Waals surface area contributed by atoms with E-state index in [0.29, 0.717) is 0 Å². The normalized spacial score (nSPS) is 10.3. The second kappa shape index (κ2) is 6.79. The Balaban J connectivity index is 2.72. The van der Waals surface area contributed by atoms with E-state index in [0.717, 1.165) is 24.8 Å². The molecule has 0 spiro atoms. The lowest BCUT2D eigenvalue weighted by Crippen LogP contribution is -2.04. The molecule has 0 unspecified atom stereocenters. The van der Waals surface area contributed by atoms with Gasteiger partial charge in [-0.05, 0) is 30.5 Å². The van der Waals surface area contributed by atoms with Crippen molar-refractivity contribution in [2.75, 3.05) is 0 Å².